The van der Waals surface area contributed by atoms with Crippen molar-refractivity contribution in [3.63, 3.8) is 0 Å². The molecule has 2 N–H and O–H groups in total. The number of carbonyl (C=O) groups is 1. The van der Waals surface area contributed by atoms with Gasteiger partial charge in [-0.05, 0) is 30.5 Å². The third-order valence-corrected chi connectivity index (χ3v) is 3.14. The second-order valence-corrected chi connectivity index (χ2v) is 4.51. The largest absolute Gasteiger partial charge is 0.478 e. The van der Waals surface area contributed by atoms with E-state index >= 15 is 0 Å². The molecular weight excluding hydrogens is 254 g/mol. The minimum Gasteiger partial charge on any atom is -0.478 e. The average Bonchev–Trinajstić information content (AvgIpc) is 2.32. The van der Waals surface area contributed by atoms with E-state index in [0.717, 1.165) is 38.0 Å². The number of aliphatic hydroxyl groups is 1. The number of likely N-dealkylation sites (tertiary alicyclic amines) is 1. The van der Waals surface area contributed by atoms with Gasteiger partial charge in [0.05, 0.1) is 11.7 Å². The molecule has 1 saturated heterocycles. The Bertz CT molecular complexity index is 403. The normalized spacial score (nSPS) is 17.2. The van der Waals surface area contributed by atoms with Gasteiger partial charge in [-0.15, -0.1) is 12.4 Å². The number of halogens is 1. The first-order valence-corrected chi connectivity index (χ1v) is 5.88. The van der Waals surface area contributed by atoms with Crippen LogP contribution in [0.3, 0.4) is 0 Å². The summed E-state index contributed by atoms with van der Waals surface area (Å²) in [7, 11) is 0. The van der Waals surface area contributed by atoms with Crippen molar-refractivity contribution in [3.05, 3.63) is 35.4 Å². The van der Waals surface area contributed by atoms with Crippen molar-refractivity contribution >= 4 is 18.4 Å². The summed E-state index contributed by atoms with van der Waals surface area (Å²) in [4.78, 5) is 13.1. The Balaban J connectivity index is 0.00000162. The summed E-state index contributed by atoms with van der Waals surface area (Å²) in [6.07, 6.45) is 1.44. The lowest BCUT2D eigenvalue weighted by Gasteiger charge is -2.29. The van der Waals surface area contributed by atoms with Crippen LogP contribution in [0.2, 0.25) is 0 Å². The molecule has 0 aliphatic carbocycles. The quantitative estimate of drug-likeness (QED) is 0.880. The second-order valence-electron chi connectivity index (χ2n) is 4.51. The molecule has 0 aromatic heterocycles. The topological polar surface area (TPSA) is 60.8 Å². The van der Waals surface area contributed by atoms with E-state index in [2.05, 4.69) is 4.90 Å². The molecule has 1 aliphatic rings. The standard InChI is InChI=1S/C13H17NO3.ClH/c15-12-4-6-14(7-5-12)9-10-2-1-3-11(8-10)13(16)17;/h1-3,8,12,15H,4-7,9H2,(H,16,17);1H. The third-order valence-electron chi connectivity index (χ3n) is 3.14. The number of aromatic carboxylic acids is 1. The Labute approximate surface area is 113 Å². The molecule has 0 bridgehead atoms. The summed E-state index contributed by atoms with van der Waals surface area (Å²) in [5.41, 5.74) is 1.35. The first kappa shape index (κ1) is 15.0. The molecule has 0 saturated carbocycles. The Morgan fingerprint density at radius 3 is 2.61 bits per heavy atom. The monoisotopic (exact) mass is 271 g/mol. The molecule has 0 spiro atoms. The van der Waals surface area contributed by atoms with Crippen molar-refractivity contribution < 1.29 is 15.0 Å². The Morgan fingerprint density at radius 2 is 2.00 bits per heavy atom. The lowest BCUT2D eigenvalue weighted by molar-refractivity contribution is 0.0696. The molecule has 1 aromatic rings. The molecular formula is C13H18ClNO3. The smallest absolute Gasteiger partial charge is 0.335 e. The predicted molar refractivity (Wildman–Crippen MR) is 71.2 cm³/mol. The zero-order valence-corrected chi connectivity index (χ0v) is 10.9. The third kappa shape index (κ3) is 3.98. The number of benzene rings is 1. The van der Waals surface area contributed by atoms with Gasteiger partial charge in [-0.3, -0.25) is 4.90 Å². The molecule has 1 heterocycles. The van der Waals surface area contributed by atoms with E-state index in [9.17, 15) is 9.90 Å². The van der Waals surface area contributed by atoms with Crippen LogP contribution in [0.4, 0.5) is 0 Å². The molecule has 0 amide bonds. The highest BCUT2D eigenvalue weighted by molar-refractivity contribution is 5.87. The summed E-state index contributed by atoms with van der Waals surface area (Å²) in [5.74, 6) is -0.888. The molecule has 1 fully saturated rings. The number of hydrogen-bond acceptors (Lipinski definition) is 3. The van der Waals surface area contributed by atoms with Gasteiger partial charge >= 0.3 is 5.97 Å². The number of carboxylic acid groups (broad SMARTS) is 1. The fraction of sp³-hybridized carbons (Fsp3) is 0.462. The molecule has 5 heteroatoms. The molecule has 100 valence electrons. The number of piperidine rings is 1. The van der Waals surface area contributed by atoms with E-state index in [-0.39, 0.29) is 18.5 Å². The van der Waals surface area contributed by atoms with Crippen LogP contribution in [0.1, 0.15) is 28.8 Å². The summed E-state index contributed by atoms with van der Waals surface area (Å²) in [6.45, 7) is 2.50. The van der Waals surface area contributed by atoms with E-state index in [1.165, 1.54) is 0 Å². The van der Waals surface area contributed by atoms with Crippen molar-refractivity contribution in [2.24, 2.45) is 0 Å². The van der Waals surface area contributed by atoms with Crippen LogP contribution in [0.5, 0.6) is 0 Å². The number of carboxylic acids is 1. The molecule has 0 unspecified atom stereocenters. The maximum atomic E-state index is 10.8. The number of aliphatic hydroxyl groups excluding tert-OH is 1. The molecule has 1 aliphatic heterocycles. The van der Waals surface area contributed by atoms with Gasteiger partial charge in [0.25, 0.3) is 0 Å². The SMILES string of the molecule is Cl.O=C(O)c1cccc(CN2CCC(O)CC2)c1. The first-order valence-electron chi connectivity index (χ1n) is 5.88. The van der Waals surface area contributed by atoms with E-state index in [1.807, 2.05) is 6.07 Å². The van der Waals surface area contributed by atoms with E-state index < -0.39 is 5.97 Å². The van der Waals surface area contributed by atoms with Gasteiger partial charge in [0.15, 0.2) is 0 Å². The van der Waals surface area contributed by atoms with Crippen LogP contribution in [-0.2, 0) is 6.54 Å². The van der Waals surface area contributed by atoms with E-state index in [4.69, 9.17) is 5.11 Å². The number of nitrogens with zero attached hydrogens (tertiary/aromatic N) is 1. The maximum Gasteiger partial charge on any atom is 0.335 e. The summed E-state index contributed by atoms with van der Waals surface area (Å²) < 4.78 is 0. The molecule has 18 heavy (non-hydrogen) atoms. The van der Waals surface area contributed by atoms with Gasteiger partial charge < -0.3 is 10.2 Å². The van der Waals surface area contributed by atoms with Gasteiger partial charge in [0, 0.05) is 19.6 Å². The van der Waals surface area contributed by atoms with Gasteiger partial charge in [-0.25, -0.2) is 4.79 Å². The van der Waals surface area contributed by atoms with Crippen molar-refractivity contribution in [1.29, 1.82) is 0 Å². The minimum atomic E-state index is -0.888. The van der Waals surface area contributed by atoms with Crippen LogP contribution in [0.25, 0.3) is 0 Å². The van der Waals surface area contributed by atoms with Crippen LogP contribution >= 0.6 is 12.4 Å². The maximum absolute atomic E-state index is 10.8. The fourth-order valence-electron chi connectivity index (χ4n) is 2.14. The van der Waals surface area contributed by atoms with Gasteiger partial charge in [0.2, 0.25) is 0 Å². The van der Waals surface area contributed by atoms with Gasteiger partial charge in [0.1, 0.15) is 0 Å². The van der Waals surface area contributed by atoms with Crippen molar-refractivity contribution in [2.45, 2.75) is 25.5 Å². The molecule has 1 aromatic carbocycles. The predicted octanol–water partition coefficient (Wildman–Crippen LogP) is 1.76. The summed E-state index contributed by atoms with van der Waals surface area (Å²) in [6, 6.07) is 7.04. The molecule has 0 radical (unpaired) electrons. The zero-order valence-electron chi connectivity index (χ0n) is 10.1. The van der Waals surface area contributed by atoms with Gasteiger partial charge in [-0.2, -0.15) is 0 Å². The lowest BCUT2D eigenvalue weighted by atomic mass is 10.1. The lowest BCUT2D eigenvalue weighted by Crippen LogP contribution is -2.35. The highest BCUT2D eigenvalue weighted by Crippen LogP contribution is 2.14. The second kappa shape index (κ2) is 6.73. The zero-order chi connectivity index (χ0) is 12.3. The number of rotatable bonds is 3. The van der Waals surface area contributed by atoms with Gasteiger partial charge in [-0.1, -0.05) is 12.1 Å². The average molecular weight is 272 g/mol. The van der Waals surface area contributed by atoms with Crippen LogP contribution in [-0.4, -0.2) is 40.3 Å². The number of hydrogen-bond donors (Lipinski definition) is 2. The first-order chi connectivity index (χ1) is 8.15. The Morgan fingerprint density at radius 1 is 1.33 bits per heavy atom. The Hall–Kier alpha value is -1.10. The van der Waals surface area contributed by atoms with Crippen LogP contribution in [0, 0.1) is 0 Å². The Kier molecular flexibility index (Phi) is 5.59. The van der Waals surface area contributed by atoms with Crippen LogP contribution < -0.4 is 0 Å². The fourth-order valence-corrected chi connectivity index (χ4v) is 2.14. The van der Waals surface area contributed by atoms with E-state index in [1.54, 1.807) is 18.2 Å². The molecule has 0 atom stereocenters. The highest BCUT2D eigenvalue weighted by atomic mass is 35.5. The molecule has 2 rings (SSSR count). The summed E-state index contributed by atoms with van der Waals surface area (Å²) >= 11 is 0. The van der Waals surface area contributed by atoms with Crippen LogP contribution in [0.15, 0.2) is 24.3 Å². The highest BCUT2D eigenvalue weighted by Gasteiger charge is 2.17. The van der Waals surface area contributed by atoms with Crippen molar-refractivity contribution in [1.82, 2.24) is 4.90 Å². The van der Waals surface area contributed by atoms with Crippen molar-refractivity contribution in [3.8, 4) is 0 Å². The summed E-state index contributed by atoms with van der Waals surface area (Å²) in [5, 5.41) is 18.3. The van der Waals surface area contributed by atoms with Crippen molar-refractivity contribution in [2.75, 3.05) is 13.1 Å². The minimum absolute atomic E-state index is 0. The van der Waals surface area contributed by atoms with E-state index in [0.29, 0.717) is 5.56 Å². The molecule has 4 nitrogen and oxygen atoms in total.